The molecule has 9 nitrogen and oxygen atoms in total. The molecule has 0 fully saturated rings. The van der Waals surface area contributed by atoms with Gasteiger partial charge >= 0.3 is 11.8 Å². The van der Waals surface area contributed by atoms with Crippen LogP contribution in [-0.4, -0.2) is 30.6 Å². The molecule has 0 radical (unpaired) electrons. The highest BCUT2D eigenvalue weighted by Gasteiger charge is 2.22. The molecule has 0 atom stereocenters. The van der Waals surface area contributed by atoms with Gasteiger partial charge in [0, 0.05) is 6.07 Å². The molecule has 2 N–H and O–H groups in total. The number of rotatable bonds is 5. The van der Waals surface area contributed by atoms with Crippen LogP contribution in [0.1, 0.15) is 24.2 Å². The summed E-state index contributed by atoms with van der Waals surface area (Å²) in [5, 5.41) is 10.9. The van der Waals surface area contributed by atoms with E-state index in [1.807, 2.05) is 13.8 Å². The molecule has 1 rings (SSSR count). The summed E-state index contributed by atoms with van der Waals surface area (Å²) in [6.07, 6.45) is -0.827. The molecular weight excluding hydrogens is 294 g/mol. The Balaban J connectivity index is 2.76. The summed E-state index contributed by atoms with van der Waals surface area (Å²) < 4.78 is 9.70. The lowest BCUT2D eigenvalue weighted by atomic mass is 10.1. The normalized spacial score (nSPS) is 10.0. The van der Waals surface area contributed by atoms with E-state index in [9.17, 15) is 19.7 Å². The van der Waals surface area contributed by atoms with Gasteiger partial charge in [0.15, 0.2) is 0 Å². The van der Waals surface area contributed by atoms with E-state index >= 15 is 0 Å². The third-order valence-corrected chi connectivity index (χ3v) is 2.47. The molecule has 1 aromatic carbocycles. The fourth-order valence-corrected chi connectivity index (χ4v) is 1.52. The summed E-state index contributed by atoms with van der Waals surface area (Å²) in [4.78, 5) is 33.5. The number of nitrogens with zero attached hydrogens (tertiary/aromatic N) is 1. The Labute approximate surface area is 126 Å². The third kappa shape index (κ3) is 4.62. The molecule has 2 amide bonds. The average molecular weight is 311 g/mol. The van der Waals surface area contributed by atoms with Gasteiger partial charge in [-0.25, -0.2) is 10.2 Å². The molecule has 0 saturated heterocycles. The van der Waals surface area contributed by atoms with Crippen LogP contribution in [0.2, 0.25) is 0 Å². The van der Waals surface area contributed by atoms with Crippen molar-refractivity contribution in [2.45, 2.75) is 13.8 Å². The monoisotopic (exact) mass is 311 g/mol. The molecule has 0 unspecified atom stereocenters. The van der Waals surface area contributed by atoms with E-state index in [-0.39, 0.29) is 29.5 Å². The Bertz CT molecular complexity index is 573. The fourth-order valence-electron chi connectivity index (χ4n) is 1.52. The second-order valence-corrected chi connectivity index (χ2v) is 4.69. The molecule has 0 aromatic heterocycles. The van der Waals surface area contributed by atoms with Crippen LogP contribution >= 0.6 is 0 Å². The summed E-state index contributed by atoms with van der Waals surface area (Å²) in [6.45, 7) is 3.92. The Hall–Kier alpha value is -2.84. The number of nitro groups is 1. The minimum absolute atomic E-state index is 0.0825. The molecule has 0 aliphatic heterocycles. The Kier molecular flexibility index (Phi) is 6.11. The number of hydrogen-bond donors (Lipinski definition) is 2. The van der Waals surface area contributed by atoms with E-state index in [1.165, 1.54) is 25.3 Å². The first kappa shape index (κ1) is 17.2. The molecule has 0 saturated carbocycles. The standard InChI is InChI=1S/C13H17N3O6/c1-8(2)7-22-13(18)15-14-12(17)9-5-4-6-10(16(19)20)11(9)21-3/h4-6,8H,7H2,1-3H3,(H,14,17)(H,15,18). The van der Waals surface area contributed by atoms with Crippen molar-refractivity contribution in [1.29, 1.82) is 0 Å². The van der Waals surface area contributed by atoms with E-state index in [1.54, 1.807) is 0 Å². The molecule has 0 spiro atoms. The van der Waals surface area contributed by atoms with Crippen LogP contribution in [0.5, 0.6) is 5.75 Å². The van der Waals surface area contributed by atoms with Gasteiger partial charge in [-0.3, -0.25) is 20.3 Å². The second kappa shape index (κ2) is 7.81. The van der Waals surface area contributed by atoms with Crippen LogP contribution in [0.25, 0.3) is 0 Å². The Morgan fingerprint density at radius 3 is 2.55 bits per heavy atom. The smallest absolute Gasteiger partial charge is 0.426 e. The van der Waals surface area contributed by atoms with Crippen molar-refractivity contribution in [1.82, 2.24) is 10.9 Å². The number of amides is 2. The lowest BCUT2D eigenvalue weighted by Gasteiger charge is -2.11. The summed E-state index contributed by atoms with van der Waals surface area (Å²) in [7, 11) is 1.21. The zero-order chi connectivity index (χ0) is 16.7. The topological polar surface area (TPSA) is 120 Å². The van der Waals surface area contributed by atoms with Gasteiger partial charge in [0.1, 0.15) is 0 Å². The maximum atomic E-state index is 12.0. The lowest BCUT2D eigenvalue weighted by Crippen LogP contribution is -2.42. The van der Waals surface area contributed by atoms with Crippen molar-refractivity contribution in [2.75, 3.05) is 13.7 Å². The number of hydrogen-bond acceptors (Lipinski definition) is 6. The first-order valence-electron chi connectivity index (χ1n) is 6.41. The number of carbonyl (C=O) groups is 2. The number of ether oxygens (including phenoxy) is 2. The van der Waals surface area contributed by atoms with Gasteiger partial charge in [-0.1, -0.05) is 19.9 Å². The lowest BCUT2D eigenvalue weighted by molar-refractivity contribution is -0.385. The van der Waals surface area contributed by atoms with Crippen LogP contribution in [-0.2, 0) is 4.74 Å². The molecule has 0 aliphatic carbocycles. The minimum atomic E-state index is -0.827. The van der Waals surface area contributed by atoms with Crippen LogP contribution in [0.3, 0.4) is 0 Å². The maximum Gasteiger partial charge on any atom is 0.426 e. The van der Waals surface area contributed by atoms with Gasteiger partial charge in [-0.05, 0) is 12.0 Å². The van der Waals surface area contributed by atoms with Crippen molar-refractivity contribution < 1.29 is 24.0 Å². The summed E-state index contributed by atoms with van der Waals surface area (Å²) >= 11 is 0. The molecule has 0 aliphatic rings. The molecule has 0 heterocycles. The largest absolute Gasteiger partial charge is 0.490 e. The number of carbonyl (C=O) groups excluding carboxylic acids is 2. The van der Waals surface area contributed by atoms with Crippen LogP contribution in [0, 0.1) is 16.0 Å². The third-order valence-electron chi connectivity index (χ3n) is 2.47. The van der Waals surface area contributed by atoms with Gasteiger partial charge in [0.25, 0.3) is 5.91 Å². The maximum absolute atomic E-state index is 12.0. The van der Waals surface area contributed by atoms with Crippen molar-refractivity contribution >= 4 is 17.7 Å². The highest BCUT2D eigenvalue weighted by molar-refractivity contribution is 5.98. The van der Waals surface area contributed by atoms with E-state index in [0.29, 0.717) is 0 Å². The number of para-hydroxylation sites is 1. The number of benzene rings is 1. The predicted molar refractivity (Wildman–Crippen MR) is 76.4 cm³/mol. The Morgan fingerprint density at radius 2 is 2.00 bits per heavy atom. The number of nitro benzene ring substituents is 1. The van der Waals surface area contributed by atoms with Crippen molar-refractivity contribution in [3.05, 3.63) is 33.9 Å². The minimum Gasteiger partial charge on any atom is -0.490 e. The molecule has 120 valence electrons. The van der Waals surface area contributed by atoms with Gasteiger partial charge in [-0.2, -0.15) is 0 Å². The first-order chi connectivity index (χ1) is 10.4. The number of nitrogens with one attached hydrogen (secondary N) is 2. The van der Waals surface area contributed by atoms with Gasteiger partial charge in [-0.15, -0.1) is 0 Å². The SMILES string of the molecule is COc1c(C(=O)NNC(=O)OCC(C)C)cccc1[N+](=O)[O-]. The quantitative estimate of drug-likeness (QED) is 0.630. The first-order valence-corrected chi connectivity index (χ1v) is 6.41. The zero-order valence-electron chi connectivity index (χ0n) is 12.4. The molecular formula is C13H17N3O6. The van der Waals surface area contributed by atoms with Crippen LogP contribution < -0.4 is 15.6 Å². The average Bonchev–Trinajstić information content (AvgIpc) is 2.49. The van der Waals surface area contributed by atoms with E-state index in [2.05, 4.69) is 10.9 Å². The zero-order valence-corrected chi connectivity index (χ0v) is 12.4. The van der Waals surface area contributed by atoms with Gasteiger partial charge < -0.3 is 9.47 Å². The predicted octanol–water partition coefficient (Wildman–Crippen LogP) is 1.63. The van der Waals surface area contributed by atoms with E-state index in [4.69, 9.17) is 9.47 Å². The van der Waals surface area contributed by atoms with Gasteiger partial charge in [0.2, 0.25) is 5.75 Å². The number of methoxy groups -OCH3 is 1. The summed E-state index contributed by atoms with van der Waals surface area (Å²) in [6, 6.07) is 3.88. The van der Waals surface area contributed by atoms with Gasteiger partial charge in [0.05, 0.1) is 24.2 Å². The van der Waals surface area contributed by atoms with E-state index in [0.717, 1.165) is 0 Å². The van der Waals surface area contributed by atoms with Crippen molar-refractivity contribution in [3.8, 4) is 5.75 Å². The summed E-state index contributed by atoms with van der Waals surface area (Å²) in [5.74, 6) is -0.803. The highest BCUT2D eigenvalue weighted by atomic mass is 16.6. The second-order valence-electron chi connectivity index (χ2n) is 4.69. The number of hydrazine groups is 1. The van der Waals surface area contributed by atoms with Crippen molar-refractivity contribution in [3.63, 3.8) is 0 Å². The van der Waals surface area contributed by atoms with Crippen molar-refractivity contribution in [2.24, 2.45) is 5.92 Å². The van der Waals surface area contributed by atoms with Crippen LogP contribution in [0.4, 0.5) is 10.5 Å². The van der Waals surface area contributed by atoms with Crippen LogP contribution in [0.15, 0.2) is 18.2 Å². The fraction of sp³-hybridized carbons (Fsp3) is 0.385. The molecule has 22 heavy (non-hydrogen) atoms. The molecule has 0 bridgehead atoms. The molecule has 9 heteroatoms. The van der Waals surface area contributed by atoms with E-state index < -0.39 is 16.9 Å². The molecule has 1 aromatic rings. The Morgan fingerprint density at radius 1 is 1.32 bits per heavy atom. The highest BCUT2D eigenvalue weighted by Crippen LogP contribution is 2.30. The summed E-state index contributed by atoms with van der Waals surface area (Å²) in [5.41, 5.74) is 3.72.